The van der Waals surface area contributed by atoms with Crippen molar-refractivity contribution in [3.8, 4) is 0 Å². The molecule has 0 spiro atoms. The molecule has 0 bridgehead atoms. The maximum Gasteiger partial charge on any atom is 0.346 e. The van der Waals surface area contributed by atoms with Crippen molar-refractivity contribution in [2.24, 2.45) is 0 Å². The summed E-state index contributed by atoms with van der Waals surface area (Å²) >= 11 is 0.659. The molecule has 0 rings (SSSR count). The van der Waals surface area contributed by atoms with Crippen LogP contribution in [0.5, 0.6) is 0 Å². The fraction of sp³-hybridized carbons (Fsp3) is 0.333. The third kappa shape index (κ3) is 2.90. The highest BCUT2D eigenvalue weighted by Gasteiger charge is 2.28. The highest BCUT2D eigenvalue weighted by atomic mass is 127. The summed E-state index contributed by atoms with van der Waals surface area (Å²) in [5.74, 6) is -1.60. The molecule has 0 aromatic carbocycles. The van der Waals surface area contributed by atoms with E-state index >= 15 is 0 Å². The number of halogens is 4. The van der Waals surface area contributed by atoms with Crippen LogP contribution in [0, 0.1) is 0 Å². The Morgan fingerprint density at radius 1 is 1.57 bits per heavy atom. The van der Waals surface area contributed by atoms with Gasteiger partial charge >= 0.3 is 3.93 Å². The first kappa shape index (κ1) is 7.26. The number of hydrogen-bond acceptors (Lipinski definition) is 0. The Balaban J connectivity index is 3.79. The average Bonchev–Trinajstić information content (AvgIpc) is 1.31. The van der Waals surface area contributed by atoms with Crippen LogP contribution in [0.15, 0.2) is 12.4 Å². The Bertz CT molecular complexity index is 82.7. The predicted octanol–water partition coefficient (Wildman–Crippen LogP) is 2.50. The standard InChI is InChI=1S/C3H2F3I/c1-2(4)3(5,6)7/h1H2. The maximum absolute atomic E-state index is 11.4. The molecular formula is C3H2F3I. The van der Waals surface area contributed by atoms with Gasteiger partial charge in [-0.3, -0.25) is 0 Å². The Labute approximate surface area is 52.5 Å². The second kappa shape index (κ2) is 2.02. The van der Waals surface area contributed by atoms with Gasteiger partial charge in [-0.05, 0) is 0 Å². The Hall–Kier alpha value is 0.260. The number of hydrogen-bond donors (Lipinski definition) is 0. The van der Waals surface area contributed by atoms with Gasteiger partial charge in [0.1, 0.15) is 0 Å². The van der Waals surface area contributed by atoms with Crippen molar-refractivity contribution >= 4 is 22.6 Å². The van der Waals surface area contributed by atoms with Gasteiger partial charge in [-0.2, -0.15) is 8.78 Å². The molecule has 0 fully saturated rings. The molecule has 42 valence electrons. The number of alkyl halides is 3. The van der Waals surface area contributed by atoms with E-state index in [4.69, 9.17) is 0 Å². The zero-order chi connectivity index (χ0) is 6.08. The zero-order valence-electron chi connectivity index (χ0n) is 3.22. The zero-order valence-corrected chi connectivity index (χ0v) is 5.38. The van der Waals surface area contributed by atoms with Gasteiger partial charge in [0.2, 0.25) is 0 Å². The van der Waals surface area contributed by atoms with E-state index in [2.05, 4.69) is 6.58 Å². The first-order valence-corrected chi connectivity index (χ1v) is 2.44. The van der Waals surface area contributed by atoms with Crippen molar-refractivity contribution in [3.05, 3.63) is 12.4 Å². The molecule has 0 N–H and O–H groups in total. The molecule has 0 aliphatic carbocycles. The van der Waals surface area contributed by atoms with Crippen LogP contribution >= 0.6 is 22.6 Å². The summed E-state index contributed by atoms with van der Waals surface area (Å²) in [4.78, 5) is 0. The second-order valence-electron chi connectivity index (χ2n) is 0.903. The van der Waals surface area contributed by atoms with E-state index in [1.54, 1.807) is 0 Å². The molecule has 0 aromatic heterocycles. The monoisotopic (exact) mass is 222 g/mol. The SMILES string of the molecule is C=C(F)C(F)(F)I. The smallest absolute Gasteiger partial charge is 0.205 e. The Morgan fingerprint density at radius 2 is 1.71 bits per heavy atom. The lowest BCUT2D eigenvalue weighted by molar-refractivity contribution is 0.140. The van der Waals surface area contributed by atoms with Crippen LogP contribution in [-0.2, 0) is 0 Å². The van der Waals surface area contributed by atoms with Crippen molar-refractivity contribution in [1.82, 2.24) is 0 Å². The summed E-state index contributed by atoms with van der Waals surface area (Å²) in [7, 11) is 0. The lowest BCUT2D eigenvalue weighted by atomic mass is 10.6. The highest BCUT2D eigenvalue weighted by Crippen LogP contribution is 2.30. The van der Waals surface area contributed by atoms with E-state index in [1.165, 1.54) is 0 Å². The van der Waals surface area contributed by atoms with Crippen LogP contribution in [0.25, 0.3) is 0 Å². The van der Waals surface area contributed by atoms with Crippen LogP contribution in [-0.4, -0.2) is 3.93 Å². The van der Waals surface area contributed by atoms with Gasteiger partial charge in [-0.25, -0.2) is 4.39 Å². The van der Waals surface area contributed by atoms with Gasteiger partial charge in [0.25, 0.3) is 0 Å². The normalized spacial score (nSPS) is 11.4. The molecule has 0 amide bonds. The average molecular weight is 222 g/mol. The second-order valence-corrected chi connectivity index (χ2v) is 2.26. The fourth-order valence-electron chi connectivity index (χ4n) is 0. The topological polar surface area (TPSA) is 0 Å². The van der Waals surface area contributed by atoms with Crippen molar-refractivity contribution in [2.45, 2.75) is 3.93 Å². The van der Waals surface area contributed by atoms with Gasteiger partial charge in [-0.15, -0.1) is 0 Å². The minimum atomic E-state index is -3.39. The lowest BCUT2D eigenvalue weighted by Gasteiger charge is -2.00. The minimum absolute atomic E-state index is 0.659. The highest BCUT2D eigenvalue weighted by molar-refractivity contribution is 14.1. The van der Waals surface area contributed by atoms with Crippen LogP contribution in [0.4, 0.5) is 13.2 Å². The van der Waals surface area contributed by atoms with Crippen LogP contribution in [0.1, 0.15) is 0 Å². The van der Waals surface area contributed by atoms with E-state index in [1.807, 2.05) is 0 Å². The van der Waals surface area contributed by atoms with Crippen molar-refractivity contribution in [2.75, 3.05) is 0 Å². The molecule has 0 heterocycles. The largest absolute Gasteiger partial charge is 0.346 e. The summed E-state index contributed by atoms with van der Waals surface area (Å²) in [6.45, 7) is 2.40. The van der Waals surface area contributed by atoms with E-state index in [9.17, 15) is 13.2 Å². The lowest BCUT2D eigenvalue weighted by Crippen LogP contribution is -2.02. The van der Waals surface area contributed by atoms with Gasteiger partial charge in [0.05, 0.1) is 0 Å². The molecule has 0 nitrogen and oxygen atoms in total. The van der Waals surface area contributed by atoms with E-state index < -0.39 is 9.76 Å². The van der Waals surface area contributed by atoms with E-state index in [0.717, 1.165) is 0 Å². The summed E-state index contributed by atoms with van der Waals surface area (Å²) in [5, 5.41) is 0. The van der Waals surface area contributed by atoms with Gasteiger partial charge in [0.15, 0.2) is 5.83 Å². The molecule has 0 radical (unpaired) electrons. The van der Waals surface area contributed by atoms with Crippen molar-refractivity contribution in [3.63, 3.8) is 0 Å². The molecule has 0 unspecified atom stereocenters. The van der Waals surface area contributed by atoms with Crippen LogP contribution < -0.4 is 0 Å². The first-order valence-electron chi connectivity index (χ1n) is 1.36. The molecule has 0 atom stereocenters. The predicted molar refractivity (Wildman–Crippen MR) is 29.2 cm³/mol. The van der Waals surface area contributed by atoms with Crippen molar-refractivity contribution in [1.29, 1.82) is 0 Å². The molecule has 0 saturated heterocycles. The van der Waals surface area contributed by atoms with Crippen LogP contribution in [0.3, 0.4) is 0 Å². The van der Waals surface area contributed by atoms with E-state index in [-0.39, 0.29) is 0 Å². The molecule has 0 saturated carbocycles. The third-order valence-electron chi connectivity index (χ3n) is 0.308. The molecule has 4 heteroatoms. The quantitative estimate of drug-likeness (QED) is 0.472. The number of rotatable bonds is 1. The van der Waals surface area contributed by atoms with Crippen molar-refractivity contribution < 1.29 is 13.2 Å². The summed E-state index contributed by atoms with van der Waals surface area (Å²) in [6.07, 6.45) is 0. The molecule has 7 heavy (non-hydrogen) atoms. The first-order chi connectivity index (χ1) is 2.94. The number of allylic oxidation sites excluding steroid dienone is 1. The summed E-state index contributed by atoms with van der Waals surface area (Å²) in [6, 6.07) is 0. The molecular weight excluding hydrogens is 220 g/mol. The van der Waals surface area contributed by atoms with Gasteiger partial charge in [0, 0.05) is 22.6 Å². The minimum Gasteiger partial charge on any atom is -0.205 e. The third-order valence-corrected chi connectivity index (χ3v) is 0.893. The maximum atomic E-state index is 11.4. The fourth-order valence-corrected chi connectivity index (χ4v) is 0. The van der Waals surface area contributed by atoms with Gasteiger partial charge in [-0.1, -0.05) is 6.58 Å². The Morgan fingerprint density at radius 3 is 1.71 bits per heavy atom. The van der Waals surface area contributed by atoms with E-state index in [0.29, 0.717) is 22.6 Å². The van der Waals surface area contributed by atoms with Gasteiger partial charge < -0.3 is 0 Å². The Kier molecular flexibility index (Phi) is 2.09. The van der Waals surface area contributed by atoms with Crippen LogP contribution in [0.2, 0.25) is 0 Å². The summed E-state index contributed by atoms with van der Waals surface area (Å²) in [5.41, 5.74) is 0. The summed E-state index contributed by atoms with van der Waals surface area (Å²) < 4.78 is 30.6. The molecule has 0 aromatic rings. The molecule has 0 aliphatic rings. The molecule has 0 aliphatic heterocycles.